The van der Waals surface area contributed by atoms with Gasteiger partial charge in [0.1, 0.15) is 0 Å². The largest absolute Gasteiger partial charge is 0.396 e. The standard InChI is InChI=1S/C15H30N2O2/c1-12(2)10-13(6-9-18)11-16-14(19)17-8-5-7-15(17,3)4/h12-13,18H,5-11H2,1-4H3,(H,16,19)/t13-/m0/s1. The van der Waals surface area contributed by atoms with Gasteiger partial charge in [0.05, 0.1) is 0 Å². The highest BCUT2D eigenvalue weighted by Gasteiger charge is 2.35. The van der Waals surface area contributed by atoms with Crippen LogP contribution in [-0.2, 0) is 0 Å². The molecule has 1 fully saturated rings. The molecule has 2 amide bonds. The summed E-state index contributed by atoms with van der Waals surface area (Å²) in [5.41, 5.74) is -0.0192. The van der Waals surface area contributed by atoms with Crippen molar-refractivity contribution in [2.75, 3.05) is 19.7 Å². The lowest BCUT2D eigenvalue weighted by Crippen LogP contribution is -2.49. The molecule has 4 heteroatoms. The zero-order valence-corrected chi connectivity index (χ0v) is 12.9. The summed E-state index contributed by atoms with van der Waals surface area (Å²) in [6.07, 6.45) is 3.98. The van der Waals surface area contributed by atoms with Crippen molar-refractivity contribution >= 4 is 6.03 Å². The first-order valence-corrected chi connectivity index (χ1v) is 7.53. The number of likely N-dealkylation sites (tertiary alicyclic amines) is 1. The summed E-state index contributed by atoms with van der Waals surface area (Å²) in [6.45, 7) is 10.3. The average molecular weight is 270 g/mol. The van der Waals surface area contributed by atoms with Gasteiger partial charge in [-0.2, -0.15) is 0 Å². The van der Waals surface area contributed by atoms with E-state index in [1.807, 2.05) is 4.90 Å². The van der Waals surface area contributed by atoms with Crippen LogP contribution in [0.2, 0.25) is 0 Å². The molecule has 0 aromatic rings. The van der Waals surface area contributed by atoms with E-state index in [1.165, 1.54) is 0 Å². The Labute approximate surface area is 117 Å². The third kappa shape index (κ3) is 5.01. The van der Waals surface area contributed by atoms with Gasteiger partial charge >= 0.3 is 6.03 Å². The van der Waals surface area contributed by atoms with E-state index < -0.39 is 0 Å². The van der Waals surface area contributed by atoms with Crippen LogP contribution in [0.4, 0.5) is 4.79 Å². The molecule has 1 atom stereocenters. The normalized spacial score (nSPS) is 19.8. The van der Waals surface area contributed by atoms with Crippen molar-refractivity contribution in [3.05, 3.63) is 0 Å². The lowest BCUT2D eigenvalue weighted by Gasteiger charge is -2.32. The molecule has 0 spiro atoms. The summed E-state index contributed by atoms with van der Waals surface area (Å²) in [4.78, 5) is 14.2. The number of carbonyl (C=O) groups excluding carboxylic acids is 1. The van der Waals surface area contributed by atoms with Gasteiger partial charge in [-0.1, -0.05) is 13.8 Å². The van der Waals surface area contributed by atoms with E-state index in [9.17, 15) is 4.79 Å². The molecule has 0 unspecified atom stereocenters. The number of carbonyl (C=O) groups is 1. The topological polar surface area (TPSA) is 52.6 Å². The quantitative estimate of drug-likeness (QED) is 0.779. The number of hydrogen-bond acceptors (Lipinski definition) is 2. The molecular weight excluding hydrogens is 240 g/mol. The number of nitrogens with one attached hydrogen (secondary N) is 1. The molecule has 4 nitrogen and oxygen atoms in total. The van der Waals surface area contributed by atoms with Crippen molar-refractivity contribution in [3.63, 3.8) is 0 Å². The highest BCUT2D eigenvalue weighted by atomic mass is 16.3. The van der Waals surface area contributed by atoms with Crippen molar-refractivity contribution in [1.29, 1.82) is 0 Å². The number of amides is 2. The van der Waals surface area contributed by atoms with Crippen LogP contribution in [0.5, 0.6) is 0 Å². The van der Waals surface area contributed by atoms with Crippen LogP contribution in [0.15, 0.2) is 0 Å². The zero-order chi connectivity index (χ0) is 14.5. The van der Waals surface area contributed by atoms with Gasteiger partial charge in [-0.25, -0.2) is 4.79 Å². The Morgan fingerprint density at radius 2 is 2.11 bits per heavy atom. The minimum atomic E-state index is -0.0192. The van der Waals surface area contributed by atoms with Gasteiger partial charge in [-0.3, -0.25) is 0 Å². The number of aliphatic hydroxyl groups excluding tert-OH is 1. The Morgan fingerprint density at radius 1 is 1.42 bits per heavy atom. The van der Waals surface area contributed by atoms with Crippen molar-refractivity contribution < 1.29 is 9.90 Å². The number of nitrogens with zero attached hydrogens (tertiary/aromatic N) is 1. The molecule has 0 saturated carbocycles. The number of hydrogen-bond donors (Lipinski definition) is 2. The van der Waals surface area contributed by atoms with E-state index in [1.54, 1.807) is 0 Å². The van der Waals surface area contributed by atoms with Crippen LogP contribution >= 0.6 is 0 Å². The lowest BCUT2D eigenvalue weighted by atomic mass is 9.94. The van der Waals surface area contributed by atoms with Gasteiger partial charge in [-0.15, -0.1) is 0 Å². The number of aliphatic hydroxyl groups is 1. The van der Waals surface area contributed by atoms with Crippen molar-refractivity contribution in [3.8, 4) is 0 Å². The molecule has 0 bridgehead atoms. The fourth-order valence-corrected chi connectivity index (χ4v) is 2.96. The maximum Gasteiger partial charge on any atom is 0.317 e. The summed E-state index contributed by atoms with van der Waals surface area (Å²) >= 11 is 0. The molecule has 1 aliphatic heterocycles. The van der Waals surface area contributed by atoms with Crippen molar-refractivity contribution in [1.82, 2.24) is 10.2 Å². The molecule has 1 rings (SSSR count). The maximum absolute atomic E-state index is 12.2. The molecule has 0 aliphatic carbocycles. The highest BCUT2D eigenvalue weighted by Crippen LogP contribution is 2.28. The van der Waals surface area contributed by atoms with E-state index >= 15 is 0 Å². The first-order chi connectivity index (χ1) is 8.86. The van der Waals surface area contributed by atoms with E-state index in [0.29, 0.717) is 18.4 Å². The summed E-state index contributed by atoms with van der Waals surface area (Å²) in [7, 11) is 0. The monoisotopic (exact) mass is 270 g/mol. The van der Waals surface area contributed by atoms with Crippen LogP contribution in [0.25, 0.3) is 0 Å². The van der Waals surface area contributed by atoms with E-state index in [-0.39, 0.29) is 18.2 Å². The smallest absolute Gasteiger partial charge is 0.317 e. The second-order valence-electron chi connectivity index (χ2n) is 6.76. The third-order valence-electron chi connectivity index (χ3n) is 4.03. The van der Waals surface area contributed by atoms with Crippen LogP contribution in [-0.4, -0.2) is 41.3 Å². The second-order valence-corrected chi connectivity index (χ2v) is 6.76. The zero-order valence-electron chi connectivity index (χ0n) is 12.9. The number of rotatable bonds is 6. The molecule has 1 saturated heterocycles. The maximum atomic E-state index is 12.2. The number of urea groups is 1. The van der Waals surface area contributed by atoms with Crippen LogP contribution in [0, 0.1) is 11.8 Å². The van der Waals surface area contributed by atoms with E-state index in [4.69, 9.17) is 5.11 Å². The first kappa shape index (κ1) is 16.3. The molecule has 0 radical (unpaired) electrons. The molecule has 1 heterocycles. The molecule has 0 aromatic heterocycles. The fraction of sp³-hybridized carbons (Fsp3) is 0.933. The summed E-state index contributed by atoms with van der Waals surface area (Å²) in [5.74, 6) is 0.969. The minimum absolute atomic E-state index is 0.0192. The van der Waals surface area contributed by atoms with E-state index in [0.717, 1.165) is 32.2 Å². The molecule has 112 valence electrons. The molecule has 1 aliphatic rings. The van der Waals surface area contributed by atoms with Crippen molar-refractivity contribution in [2.24, 2.45) is 11.8 Å². The Balaban J connectivity index is 2.43. The minimum Gasteiger partial charge on any atom is -0.396 e. The lowest BCUT2D eigenvalue weighted by molar-refractivity contribution is 0.161. The highest BCUT2D eigenvalue weighted by molar-refractivity contribution is 5.75. The third-order valence-corrected chi connectivity index (χ3v) is 4.03. The van der Waals surface area contributed by atoms with Gasteiger partial charge in [0, 0.05) is 25.2 Å². The van der Waals surface area contributed by atoms with Gasteiger partial charge in [0.2, 0.25) is 0 Å². The molecule has 0 aromatic carbocycles. The average Bonchev–Trinajstić information content (AvgIpc) is 2.65. The molecule has 19 heavy (non-hydrogen) atoms. The Hall–Kier alpha value is -0.770. The van der Waals surface area contributed by atoms with Gasteiger partial charge < -0.3 is 15.3 Å². The van der Waals surface area contributed by atoms with E-state index in [2.05, 4.69) is 33.0 Å². The van der Waals surface area contributed by atoms with Gasteiger partial charge in [-0.05, 0) is 51.4 Å². The first-order valence-electron chi connectivity index (χ1n) is 7.53. The molecule has 2 N–H and O–H groups in total. The summed E-state index contributed by atoms with van der Waals surface area (Å²) in [6, 6.07) is 0.0502. The predicted molar refractivity (Wildman–Crippen MR) is 78.1 cm³/mol. The van der Waals surface area contributed by atoms with Crippen LogP contribution in [0.1, 0.15) is 53.4 Å². The Kier molecular flexibility index (Phi) is 6.11. The van der Waals surface area contributed by atoms with Gasteiger partial charge in [0.15, 0.2) is 0 Å². The summed E-state index contributed by atoms with van der Waals surface area (Å²) in [5, 5.41) is 12.1. The Bertz CT molecular complexity index is 290. The Morgan fingerprint density at radius 3 is 2.58 bits per heavy atom. The van der Waals surface area contributed by atoms with Gasteiger partial charge in [0.25, 0.3) is 0 Å². The van der Waals surface area contributed by atoms with Crippen molar-refractivity contribution in [2.45, 2.75) is 58.9 Å². The van der Waals surface area contributed by atoms with Crippen LogP contribution < -0.4 is 5.32 Å². The predicted octanol–water partition coefficient (Wildman–Crippen LogP) is 2.62. The summed E-state index contributed by atoms with van der Waals surface area (Å²) < 4.78 is 0. The molecular formula is C15H30N2O2. The fourth-order valence-electron chi connectivity index (χ4n) is 2.96. The van der Waals surface area contributed by atoms with Crippen LogP contribution in [0.3, 0.4) is 0 Å². The second kappa shape index (κ2) is 7.13. The SMILES string of the molecule is CC(C)C[C@H](CCO)CNC(=O)N1CCCC1(C)C.